The molecule has 0 amide bonds. The number of carbonyl (C=O) groups excluding carboxylic acids is 1. The summed E-state index contributed by atoms with van der Waals surface area (Å²) < 4.78 is 22.6. The van der Waals surface area contributed by atoms with Gasteiger partial charge in [0.15, 0.2) is 5.78 Å². The first-order valence-electron chi connectivity index (χ1n) is 4.89. The standard InChI is InChI=1S/C11H9ClN2O3S/c12-9-2-1-7(5-10(9)18(13,16)17)11(15)8-3-4-14-6-8/h1-6,14H,(H2,13,16,17). The molecule has 0 unspecified atom stereocenters. The molecule has 0 saturated carbocycles. The van der Waals surface area contributed by atoms with Crippen LogP contribution in [0.1, 0.15) is 15.9 Å². The number of aromatic amines is 1. The quantitative estimate of drug-likeness (QED) is 0.837. The van der Waals surface area contributed by atoms with E-state index in [2.05, 4.69) is 4.98 Å². The summed E-state index contributed by atoms with van der Waals surface area (Å²) in [7, 11) is -3.95. The predicted molar refractivity (Wildman–Crippen MR) is 67.1 cm³/mol. The molecule has 0 atom stereocenters. The molecule has 0 aliphatic rings. The monoisotopic (exact) mass is 284 g/mol. The van der Waals surface area contributed by atoms with Crippen molar-refractivity contribution in [2.24, 2.45) is 5.14 Å². The molecule has 5 nitrogen and oxygen atoms in total. The van der Waals surface area contributed by atoms with Crippen LogP contribution in [0.25, 0.3) is 0 Å². The summed E-state index contributed by atoms with van der Waals surface area (Å²) >= 11 is 5.73. The lowest BCUT2D eigenvalue weighted by molar-refractivity contribution is 0.103. The van der Waals surface area contributed by atoms with Gasteiger partial charge in [0.25, 0.3) is 0 Å². The van der Waals surface area contributed by atoms with Crippen LogP contribution in [0.15, 0.2) is 41.6 Å². The van der Waals surface area contributed by atoms with Crippen molar-refractivity contribution in [1.29, 1.82) is 0 Å². The number of primary sulfonamides is 1. The van der Waals surface area contributed by atoms with Gasteiger partial charge in [-0.3, -0.25) is 4.79 Å². The van der Waals surface area contributed by atoms with Crippen molar-refractivity contribution >= 4 is 27.4 Å². The molecule has 0 aliphatic carbocycles. The smallest absolute Gasteiger partial charge is 0.239 e. The number of sulfonamides is 1. The number of benzene rings is 1. The van der Waals surface area contributed by atoms with Gasteiger partial charge in [0.1, 0.15) is 4.90 Å². The lowest BCUT2D eigenvalue weighted by Crippen LogP contribution is -2.14. The molecule has 0 aliphatic heterocycles. The van der Waals surface area contributed by atoms with Gasteiger partial charge >= 0.3 is 0 Å². The van der Waals surface area contributed by atoms with E-state index in [4.69, 9.17) is 16.7 Å². The second kappa shape index (κ2) is 4.56. The molecule has 7 heteroatoms. The Kier molecular flexibility index (Phi) is 3.25. The zero-order valence-electron chi connectivity index (χ0n) is 9.05. The normalized spacial score (nSPS) is 11.4. The largest absolute Gasteiger partial charge is 0.367 e. The van der Waals surface area contributed by atoms with E-state index in [0.717, 1.165) is 0 Å². The lowest BCUT2D eigenvalue weighted by atomic mass is 10.1. The topological polar surface area (TPSA) is 93.0 Å². The SMILES string of the molecule is NS(=O)(=O)c1cc(C(=O)c2cc[nH]c2)ccc1Cl. The Bertz CT molecular complexity index is 693. The third-order valence-corrected chi connectivity index (χ3v) is 3.75. The van der Waals surface area contributed by atoms with Gasteiger partial charge in [-0.25, -0.2) is 13.6 Å². The van der Waals surface area contributed by atoms with Gasteiger partial charge in [0.2, 0.25) is 10.0 Å². The molecule has 1 heterocycles. The first-order chi connectivity index (χ1) is 8.39. The van der Waals surface area contributed by atoms with E-state index < -0.39 is 10.0 Å². The van der Waals surface area contributed by atoms with Gasteiger partial charge in [0, 0.05) is 23.5 Å². The van der Waals surface area contributed by atoms with E-state index >= 15 is 0 Å². The summed E-state index contributed by atoms with van der Waals surface area (Å²) in [5, 5.41) is 5.00. The van der Waals surface area contributed by atoms with Crippen molar-refractivity contribution in [3.8, 4) is 0 Å². The van der Waals surface area contributed by atoms with E-state index in [1.54, 1.807) is 12.3 Å². The van der Waals surface area contributed by atoms with E-state index in [-0.39, 0.29) is 21.3 Å². The summed E-state index contributed by atoms with van der Waals surface area (Å²) in [5.41, 5.74) is 0.640. The second-order valence-corrected chi connectivity index (χ2v) is 5.56. The van der Waals surface area contributed by atoms with E-state index in [1.165, 1.54) is 24.4 Å². The minimum Gasteiger partial charge on any atom is -0.367 e. The van der Waals surface area contributed by atoms with Crippen LogP contribution in [-0.2, 0) is 10.0 Å². The van der Waals surface area contributed by atoms with Gasteiger partial charge in [-0.15, -0.1) is 0 Å². The lowest BCUT2D eigenvalue weighted by Gasteiger charge is -2.04. The number of hydrogen-bond donors (Lipinski definition) is 2. The minimum absolute atomic E-state index is 0.0110. The van der Waals surface area contributed by atoms with Crippen LogP contribution in [-0.4, -0.2) is 19.2 Å². The maximum absolute atomic E-state index is 12.0. The van der Waals surface area contributed by atoms with Gasteiger partial charge in [0.05, 0.1) is 5.02 Å². The Morgan fingerprint density at radius 2 is 1.94 bits per heavy atom. The fourth-order valence-electron chi connectivity index (χ4n) is 1.49. The summed E-state index contributed by atoms with van der Waals surface area (Å²) in [5.74, 6) is -0.308. The highest BCUT2D eigenvalue weighted by Crippen LogP contribution is 2.22. The molecule has 0 fully saturated rings. The highest BCUT2D eigenvalue weighted by atomic mass is 35.5. The second-order valence-electron chi connectivity index (χ2n) is 3.62. The van der Waals surface area contributed by atoms with Crippen LogP contribution in [0, 0.1) is 0 Å². The van der Waals surface area contributed by atoms with Crippen LogP contribution in [0.4, 0.5) is 0 Å². The van der Waals surface area contributed by atoms with Gasteiger partial charge < -0.3 is 4.98 Å². The molecule has 94 valence electrons. The number of nitrogens with two attached hydrogens (primary N) is 1. The first kappa shape index (κ1) is 12.8. The van der Waals surface area contributed by atoms with Gasteiger partial charge in [-0.05, 0) is 24.3 Å². The molecular formula is C11H9ClN2O3S. The number of rotatable bonds is 3. The summed E-state index contributed by atoms with van der Waals surface area (Å²) in [4.78, 5) is 14.5. The van der Waals surface area contributed by atoms with E-state index in [0.29, 0.717) is 5.56 Å². The molecular weight excluding hydrogens is 276 g/mol. The molecule has 18 heavy (non-hydrogen) atoms. The highest BCUT2D eigenvalue weighted by molar-refractivity contribution is 7.89. The van der Waals surface area contributed by atoms with Crippen molar-refractivity contribution in [1.82, 2.24) is 4.98 Å². The van der Waals surface area contributed by atoms with Crippen LogP contribution >= 0.6 is 11.6 Å². The van der Waals surface area contributed by atoms with Crippen molar-refractivity contribution in [3.05, 3.63) is 52.8 Å². The highest BCUT2D eigenvalue weighted by Gasteiger charge is 2.17. The zero-order chi connectivity index (χ0) is 13.3. The van der Waals surface area contributed by atoms with Crippen LogP contribution in [0.2, 0.25) is 5.02 Å². The van der Waals surface area contributed by atoms with Crippen molar-refractivity contribution in [2.75, 3.05) is 0 Å². The molecule has 3 N–H and O–H groups in total. The molecule has 1 aromatic heterocycles. The molecule has 0 spiro atoms. The Hall–Kier alpha value is -1.63. The average Bonchev–Trinajstić information content (AvgIpc) is 2.80. The fraction of sp³-hybridized carbons (Fsp3) is 0. The molecule has 2 rings (SSSR count). The molecule has 0 bridgehead atoms. The summed E-state index contributed by atoms with van der Waals surface area (Å²) in [6, 6.07) is 5.55. The van der Waals surface area contributed by atoms with E-state index in [9.17, 15) is 13.2 Å². The number of aromatic nitrogens is 1. The number of halogens is 1. The minimum atomic E-state index is -3.95. The Morgan fingerprint density at radius 1 is 1.22 bits per heavy atom. The Balaban J connectivity index is 2.52. The average molecular weight is 285 g/mol. The number of H-pyrrole nitrogens is 1. The van der Waals surface area contributed by atoms with Crippen LogP contribution in [0.3, 0.4) is 0 Å². The van der Waals surface area contributed by atoms with E-state index in [1.807, 2.05) is 0 Å². The maximum atomic E-state index is 12.0. The number of hydrogen-bond acceptors (Lipinski definition) is 3. The Morgan fingerprint density at radius 3 is 2.50 bits per heavy atom. The fourth-order valence-corrected chi connectivity index (χ4v) is 2.57. The van der Waals surface area contributed by atoms with Crippen LogP contribution < -0.4 is 5.14 Å². The van der Waals surface area contributed by atoms with Crippen molar-refractivity contribution < 1.29 is 13.2 Å². The third-order valence-electron chi connectivity index (χ3n) is 2.36. The molecule has 2 aromatic rings. The maximum Gasteiger partial charge on any atom is 0.239 e. The molecule has 0 saturated heterocycles. The number of ketones is 1. The molecule has 1 aromatic carbocycles. The van der Waals surface area contributed by atoms with Crippen molar-refractivity contribution in [2.45, 2.75) is 4.90 Å². The van der Waals surface area contributed by atoms with Crippen LogP contribution in [0.5, 0.6) is 0 Å². The van der Waals surface area contributed by atoms with Gasteiger partial charge in [-0.1, -0.05) is 11.6 Å². The summed E-state index contributed by atoms with van der Waals surface area (Å²) in [6.45, 7) is 0. The third kappa shape index (κ3) is 2.45. The number of nitrogens with one attached hydrogen (secondary N) is 1. The Labute approximate surface area is 109 Å². The first-order valence-corrected chi connectivity index (χ1v) is 6.82. The summed E-state index contributed by atoms with van der Waals surface area (Å²) in [6.07, 6.45) is 3.12. The van der Waals surface area contributed by atoms with Crippen molar-refractivity contribution in [3.63, 3.8) is 0 Å². The zero-order valence-corrected chi connectivity index (χ0v) is 10.6. The molecule has 0 radical (unpaired) electrons. The predicted octanol–water partition coefficient (Wildman–Crippen LogP) is 1.55. The number of carbonyl (C=O) groups is 1. The van der Waals surface area contributed by atoms with Gasteiger partial charge in [-0.2, -0.15) is 0 Å².